The summed E-state index contributed by atoms with van der Waals surface area (Å²) in [5, 5.41) is 0. The highest BCUT2D eigenvalue weighted by atomic mass is 16.6. The number of ether oxygens (including phenoxy) is 1. The molecule has 0 amide bonds. The van der Waals surface area contributed by atoms with Crippen LogP contribution in [0.25, 0.3) is 5.65 Å². The smallest absolute Gasteiger partial charge is 0.359 e. The Bertz CT molecular complexity index is 608. The molecular formula is C13H14N2O3. The molecule has 0 atom stereocenters. The minimum atomic E-state index is -0.555. The first-order valence-corrected chi connectivity index (χ1v) is 5.56. The van der Waals surface area contributed by atoms with Crippen molar-refractivity contribution in [3.63, 3.8) is 0 Å². The molecule has 2 aromatic heterocycles. The van der Waals surface area contributed by atoms with Gasteiger partial charge in [0.05, 0.1) is 0 Å². The Morgan fingerprint density at radius 2 is 2.06 bits per heavy atom. The van der Waals surface area contributed by atoms with Crippen LogP contribution >= 0.6 is 0 Å². The first-order chi connectivity index (χ1) is 8.39. The molecule has 5 nitrogen and oxygen atoms in total. The van der Waals surface area contributed by atoms with Crippen molar-refractivity contribution in [3.8, 4) is 0 Å². The van der Waals surface area contributed by atoms with Gasteiger partial charge in [-0.25, -0.2) is 9.78 Å². The maximum Gasteiger partial charge on any atom is 0.359 e. The fourth-order valence-corrected chi connectivity index (χ4v) is 1.51. The molecule has 2 aromatic rings. The maximum absolute atomic E-state index is 11.8. The second kappa shape index (κ2) is 4.25. The number of aldehydes is 1. The number of hydrogen-bond acceptors (Lipinski definition) is 4. The average molecular weight is 246 g/mol. The van der Waals surface area contributed by atoms with Gasteiger partial charge in [-0.1, -0.05) is 0 Å². The Balaban J connectivity index is 2.35. The van der Waals surface area contributed by atoms with E-state index in [4.69, 9.17) is 4.74 Å². The Morgan fingerprint density at radius 1 is 1.33 bits per heavy atom. The van der Waals surface area contributed by atoms with Crippen molar-refractivity contribution in [2.45, 2.75) is 26.4 Å². The number of carbonyl (C=O) groups is 2. The van der Waals surface area contributed by atoms with E-state index in [1.807, 2.05) is 0 Å². The minimum absolute atomic E-state index is 0.230. The summed E-state index contributed by atoms with van der Waals surface area (Å²) < 4.78 is 6.85. The molecule has 0 saturated heterocycles. The number of hydrogen-bond donors (Lipinski definition) is 0. The van der Waals surface area contributed by atoms with Gasteiger partial charge in [0.2, 0.25) is 0 Å². The number of esters is 1. The summed E-state index contributed by atoms with van der Waals surface area (Å²) >= 11 is 0. The van der Waals surface area contributed by atoms with Gasteiger partial charge in [0.1, 0.15) is 11.2 Å². The predicted molar refractivity (Wildman–Crippen MR) is 65.7 cm³/mol. The van der Waals surface area contributed by atoms with E-state index in [0.29, 0.717) is 11.2 Å². The van der Waals surface area contributed by atoms with E-state index in [9.17, 15) is 9.59 Å². The number of fused-ring (bicyclic) bond motifs is 1. The van der Waals surface area contributed by atoms with Gasteiger partial charge in [0.15, 0.2) is 12.0 Å². The van der Waals surface area contributed by atoms with Crippen LogP contribution in [0, 0.1) is 0 Å². The second-order valence-corrected chi connectivity index (χ2v) is 4.97. The zero-order valence-electron chi connectivity index (χ0n) is 10.5. The van der Waals surface area contributed by atoms with Crippen LogP contribution in [-0.2, 0) is 4.74 Å². The molecule has 0 aromatic carbocycles. The molecule has 5 heteroatoms. The molecule has 0 bridgehead atoms. The van der Waals surface area contributed by atoms with Gasteiger partial charge in [0.25, 0.3) is 0 Å². The highest BCUT2D eigenvalue weighted by Crippen LogP contribution is 2.13. The summed E-state index contributed by atoms with van der Waals surface area (Å²) in [6, 6.07) is 3.33. The fourth-order valence-electron chi connectivity index (χ4n) is 1.51. The number of aromatic nitrogens is 2. The number of pyridine rings is 1. The number of nitrogens with zero attached hydrogens (tertiary/aromatic N) is 2. The van der Waals surface area contributed by atoms with Crippen LogP contribution in [0.15, 0.2) is 24.5 Å². The Labute approximate surface area is 104 Å². The highest BCUT2D eigenvalue weighted by molar-refractivity contribution is 5.88. The number of imidazole rings is 1. The SMILES string of the molecule is CC(C)(C)OC(=O)c1cn2cc(C=O)ccc2n1. The Hall–Kier alpha value is -2.17. The molecule has 0 aliphatic carbocycles. The van der Waals surface area contributed by atoms with Crippen molar-refractivity contribution in [3.05, 3.63) is 35.8 Å². The summed E-state index contributed by atoms with van der Waals surface area (Å²) in [6.45, 7) is 5.39. The van der Waals surface area contributed by atoms with E-state index in [-0.39, 0.29) is 5.69 Å². The molecule has 94 valence electrons. The lowest BCUT2D eigenvalue weighted by atomic mass is 10.2. The van der Waals surface area contributed by atoms with Crippen LogP contribution in [0.3, 0.4) is 0 Å². The summed E-state index contributed by atoms with van der Waals surface area (Å²) in [6.07, 6.45) is 3.91. The lowest BCUT2D eigenvalue weighted by Gasteiger charge is -2.18. The summed E-state index contributed by atoms with van der Waals surface area (Å²) in [7, 11) is 0. The molecule has 0 aliphatic rings. The van der Waals surface area contributed by atoms with Gasteiger partial charge >= 0.3 is 5.97 Å². The normalized spacial score (nSPS) is 11.5. The van der Waals surface area contributed by atoms with Crippen molar-refractivity contribution in [1.82, 2.24) is 9.38 Å². The van der Waals surface area contributed by atoms with E-state index in [1.54, 1.807) is 49.7 Å². The summed E-state index contributed by atoms with van der Waals surface area (Å²) in [4.78, 5) is 26.6. The third kappa shape index (κ3) is 2.56. The van der Waals surface area contributed by atoms with Crippen LogP contribution in [0.1, 0.15) is 41.6 Å². The largest absolute Gasteiger partial charge is 0.455 e. The average Bonchev–Trinajstić information content (AvgIpc) is 2.69. The van der Waals surface area contributed by atoms with E-state index in [1.165, 1.54) is 0 Å². The predicted octanol–water partition coefficient (Wildman–Crippen LogP) is 2.10. The second-order valence-electron chi connectivity index (χ2n) is 4.97. The van der Waals surface area contributed by atoms with E-state index in [0.717, 1.165) is 6.29 Å². The fraction of sp³-hybridized carbons (Fsp3) is 0.308. The lowest BCUT2D eigenvalue weighted by Crippen LogP contribution is -2.24. The molecule has 0 fully saturated rings. The van der Waals surface area contributed by atoms with Crippen molar-refractivity contribution in [1.29, 1.82) is 0 Å². The van der Waals surface area contributed by atoms with Gasteiger partial charge in [-0.3, -0.25) is 4.79 Å². The Morgan fingerprint density at radius 3 is 2.67 bits per heavy atom. The molecule has 0 N–H and O–H groups in total. The highest BCUT2D eigenvalue weighted by Gasteiger charge is 2.20. The van der Waals surface area contributed by atoms with Crippen molar-refractivity contribution >= 4 is 17.9 Å². The lowest BCUT2D eigenvalue weighted by molar-refractivity contribution is 0.00635. The molecule has 0 unspecified atom stereocenters. The Kier molecular flexibility index (Phi) is 2.90. The molecule has 18 heavy (non-hydrogen) atoms. The molecule has 2 rings (SSSR count). The van der Waals surface area contributed by atoms with Crippen LogP contribution in [0.4, 0.5) is 0 Å². The quantitative estimate of drug-likeness (QED) is 0.601. The van der Waals surface area contributed by atoms with Gasteiger partial charge < -0.3 is 9.14 Å². The third-order valence-corrected chi connectivity index (χ3v) is 2.22. The van der Waals surface area contributed by atoms with E-state index < -0.39 is 11.6 Å². The first kappa shape index (κ1) is 12.3. The molecule has 0 saturated carbocycles. The van der Waals surface area contributed by atoms with Gasteiger partial charge in [-0.15, -0.1) is 0 Å². The van der Waals surface area contributed by atoms with Crippen LogP contribution in [-0.4, -0.2) is 27.2 Å². The van der Waals surface area contributed by atoms with Gasteiger partial charge in [-0.2, -0.15) is 0 Å². The van der Waals surface area contributed by atoms with Crippen molar-refractivity contribution < 1.29 is 14.3 Å². The molecule has 0 aliphatic heterocycles. The van der Waals surface area contributed by atoms with Crippen molar-refractivity contribution in [2.24, 2.45) is 0 Å². The molecule has 0 radical (unpaired) electrons. The van der Waals surface area contributed by atoms with Gasteiger partial charge in [-0.05, 0) is 32.9 Å². The summed E-state index contributed by atoms with van der Waals surface area (Å²) in [5.41, 5.74) is 0.797. The maximum atomic E-state index is 11.8. The molecular weight excluding hydrogens is 232 g/mol. The van der Waals surface area contributed by atoms with E-state index >= 15 is 0 Å². The van der Waals surface area contributed by atoms with E-state index in [2.05, 4.69) is 4.98 Å². The first-order valence-electron chi connectivity index (χ1n) is 5.56. The number of carbonyl (C=O) groups excluding carboxylic acids is 2. The molecule has 0 spiro atoms. The van der Waals surface area contributed by atoms with Crippen LogP contribution < -0.4 is 0 Å². The van der Waals surface area contributed by atoms with Crippen LogP contribution in [0.2, 0.25) is 0 Å². The zero-order valence-corrected chi connectivity index (χ0v) is 10.5. The van der Waals surface area contributed by atoms with Crippen LogP contribution in [0.5, 0.6) is 0 Å². The zero-order chi connectivity index (χ0) is 13.3. The molecule has 2 heterocycles. The standard InChI is InChI=1S/C13H14N2O3/c1-13(2,3)18-12(17)10-7-15-6-9(8-16)4-5-11(15)14-10/h4-8H,1-3H3. The number of rotatable bonds is 2. The van der Waals surface area contributed by atoms with Crippen molar-refractivity contribution in [2.75, 3.05) is 0 Å². The summed E-state index contributed by atoms with van der Waals surface area (Å²) in [5.74, 6) is -0.473. The van der Waals surface area contributed by atoms with Gasteiger partial charge in [0, 0.05) is 18.0 Å². The third-order valence-electron chi connectivity index (χ3n) is 2.22. The minimum Gasteiger partial charge on any atom is -0.455 e. The monoisotopic (exact) mass is 246 g/mol. The topological polar surface area (TPSA) is 60.7 Å².